The predicted molar refractivity (Wildman–Crippen MR) is 104 cm³/mol. The maximum absolute atomic E-state index is 12.3. The van der Waals surface area contributed by atoms with Gasteiger partial charge in [0.2, 0.25) is 0 Å². The topological polar surface area (TPSA) is 89.5 Å². The molecule has 8 heteroatoms. The van der Waals surface area contributed by atoms with Gasteiger partial charge in [0.1, 0.15) is 13.2 Å². The summed E-state index contributed by atoms with van der Waals surface area (Å²) < 4.78 is 31.5. The summed E-state index contributed by atoms with van der Waals surface area (Å²) in [5.41, 5.74) is 0. The van der Waals surface area contributed by atoms with Crippen molar-refractivity contribution in [1.82, 2.24) is 0 Å². The number of rotatable bonds is 19. The smallest absolute Gasteiger partial charge is 0.309 e. The number of carbonyl (C=O) groups is 2. The van der Waals surface area contributed by atoms with Gasteiger partial charge in [0, 0.05) is 13.2 Å². The first-order chi connectivity index (χ1) is 13.6. The molecule has 0 bridgehead atoms. The lowest BCUT2D eigenvalue weighted by atomic mass is 9.88. The molecule has 2 atom stereocenters. The molecule has 0 N–H and O–H groups in total. The number of ether oxygens (including phenoxy) is 6. The standard InChI is InChI=1S/C20H38O8/c1-5-17(19(21)27-15-13-25-11-9-23-7-3)18(6-2)20(22)28-16-14-26-12-10-24-8-4/h17-18H,5-16H2,1-4H3. The van der Waals surface area contributed by atoms with E-state index in [-0.39, 0.29) is 13.2 Å². The minimum absolute atomic E-state index is 0.153. The van der Waals surface area contributed by atoms with Gasteiger partial charge in [-0.15, -0.1) is 0 Å². The maximum atomic E-state index is 12.3. The van der Waals surface area contributed by atoms with Crippen LogP contribution in [0.1, 0.15) is 40.5 Å². The highest BCUT2D eigenvalue weighted by Crippen LogP contribution is 2.22. The summed E-state index contributed by atoms with van der Waals surface area (Å²) in [7, 11) is 0. The zero-order valence-electron chi connectivity index (χ0n) is 17.9. The summed E-state index contributed by atoms with van der Waals surface area (Å²) in [6.07, 6.45) is 1.00. The van der Waals surface area contributed by atoms with E-state index in [1.165, 1.54) is 0 Å². The van der Waals surface area contributed by atoms with Gasteiger partial charge in [0.25, 0.3) is 0 Å². The first-order valence-corrected chi connectivity index (χ1v) is 10.3. The summed E-state index contributed by atoms with van der Waals surface area (Å²) in [6, 6.07) is 0. The van der Waals surface area contributed by atoms with Crippen LogP contribution in [0.25, 0.3) is 0 Å². The lowest BCUT2D eigenvalue weighted by Gasteiger charge is -2.22. The van der Waals surface area contributed by atoms with Gasteiger partial charge < -0.3 is 28.4 Å². The maximum Gasteiger partial charge on any atom is 0.309 e. The predicted octanol–water partition coefficient (Wildman–Crippen LogP) is 2.23. The van der Waals surface area contributed by atoms with E-state index in [1.807, 2.05) is 27.7 Å². The van der Waals surface area contributed by atoms with Gasteiger partial charge >= 0.3 is 11.9 Å². The quantitative estimate of drug-likeness (QED) is 0.238. The van der Waals surface area contributed by atoms with Gasteiger partial charge in [0.15, 0.2) is 0 Å². The second kappa shape index (κ2) is 19.1. The zero-order chi connectivity index (χ0) is 21.0. The molecule has 0 spiro atoms. The van der Waals surface area contributed by atoms with Crippen LogP contribution in [0, 0.1) is 11.8 Å². The van der Waals surface area contributed by atoms with Crippen LogP contribution >= 0.6 is 0 Å². The average molecular weight is 407 g/mol. The van der Waals surface area contributed by atoms with E-state index in [9.17, 15) is 9.59 Å². The molecule has 0 rings (SSSR count). The molecule has 0 saturated heterocycles. The van der Waals surface area contributed by atoms with Crippen molar-refractivity contribution in [1.29, 1.82) is 0 Å². The molecule has 0 aromatic heterocycles. The Hall–Kier alpha value is -1.22. The molecule has 0 saturated carbocycles. The van der Waals surface area contributed by atoms with Crippen LogP contribution < -0.4 is 0 Å². The van der Waals surface area contributed by atoms with Crippen LogP contribution in [0.5, 0.6) is 0 Å². The van der Waals surface area contributed by atoms with E-state index in [1.54, 1.807) is 0 Å². The number of hydrogen-bond donors (Lipinski definition) is 0. The first kappa shape index (κ1) is 26.8. The van der Waals surface area contributed by atoms with Crippen LogP contribution in [-0.2, 0) is 38.0 Å². The van der Waals surface area contributed by atoms with Crippen LogP contribution in [0.4, 0.5) is 0 Å². The highest BCUT2D eigenvalue weighted by molar-refractivity contribution is 5.82. The van der Waals surface area contributed by atoms with Gasteiger partial charge in [-0.3, -0.25) is 9.59 Å². The third-order valence-corrected chi connectivity index (χ3v) is 4.07. The first-order valence-electron chi connectivity index (χ1n) is 10.3. The van der Waals surface area contributed by atoms with E-state index >= 15 is 0 Å². The molecule has 8 nitrogen and oxygen atoms in total. The third-order valence-electron chi connectivity index (χ3n) is 4.07. The van der Waals surface area contributed by atoms with Gasteiger partial charge in [-0.2, -0.15) is 0 Å². The lowest BCUT2D eigenvalue weighted by Crippen LogP contribution is -2.33. The molecule has 0 amide bonds. The second-order valence-corrected chi connectivity index (χ2v) is 5.98. The Morgan fingerprint density at radius 3 is 1.18 bits per heavy atom. The Kier molecular flexibility index (Phi) is 18.3. The fourth-order valence-electron chi connectivity index (χ4n) is 2.58. The molecule has 0 aliphatic rings. The Morgan fingerprint density at radius 1 is 0.536 bits per heavy atom. The van der Waals surface area contributed by atoms with Gasteiger partial charge in [-0.1, -0.05) is 13.8 Å². The Morgan fingerprint density at radius 2 is 0.857 bits per heavy atom. The molecular formula is C20H38O8. The molecule has 0 heterocycles. The highest BCUT2D eigenvalue weighted by atomic mass is 16.6. The highest BCUT2D eigenvalue weighted by Gasteiger charge is 2.33. The Bertz CT molecular complexity index is 352. The largest absolute Gasteiger partial charge is 0.463 e. The molecule has 0 aliphatic heterocycles. The molecule has 0 aliphatic carbocycles. The lowest BCUT2D eigenvalue weighted by molar-refractivity contribution is -0.162. The van der Waals surface area contributed by atoms with Gasteiger partial charge in [-0.25, -0.2) is 0 Å². The van der Waals surface area contributed by atoms with Crippen molar-refractivity contribution in [2.75, 3.05) is 66.1 Å². The zero-order valence-corrected chi connectivity index (χ0v) is 17.9. The number of hydrogen-bond acceptors (Lipinski definition) is 8. The van der Waals surface area contributed by atoms with E-state index in [4.69, 9.17) is 28.4 Å². The minimum atomic E-state index is -0.528. The molecule has 28 heavy (non-hydrogen) atoms. The molecular weight excluding hydrogens is 368 g/mol. The Balaban J connectivity index is 4.14. The van der Waals surface area contributed by atoms with Gasteiger partial charge in [0.05, 0.1) is 51.5 Å². The van der Waals surface area contributed by atoms with E-state index in [0.29, 0.717) is 65.7 Å². The SMILES string of the molecule is CCOCCOCCOC(=O)C(CC)C(CC)C(=O)OCCOCCOCC. The van der Waals surface area contributed by atoms with E-state index in [2.05, 4.69) is 0 Å². The number of carbonyl (C=O) groups excluding carboxylic acids is 2. The van der Waals surface area contributed by atoms with E-state index in [0.717, 1.165) is 0 Å². The molecule has 0 fully saturated rings. The van der Waals surface area contributed by atoms with Crippen LogP contribution in [0.2, 0.25) is 0 Å². The third kappa shape index (κ3) is 13.0. The number of esters is 2. The molecule has 166 valence electrons. The van der Waals surface area contributed by atoms with Crippen LogP contribution in [-0.4, -0.2) is 78.0 Å². The van der Waals surface area contributed by atoms with Crippen molar-refractivity contribution in [2.24, 2.45) is 11.8 Å². The van der Waals surface area contributed by atoms with Crippen molar-refractivity contribution >= 4 is 11.9 Å². The van der Waals surface area contributed by atoms with Crippen molar-refractivity contribution < 1.29 is 38.0 Å². The molecule has 0 aromatic carbocycles. The van der Waals surface area contributed by atoms with Gasteiger partial charge in [-0.05, 0) is 26.7 Å². The molecule has 0 radical (unpaired) electrons. The van der Waals surface area contributed by atoms with Crippen molar-refractivity contribution in [3.05, 3.63) is 0 Å². The summed E-state index contributed by atoms with van der Waals surface area (Å²) in [4.78, 5) is 24.7. The summed E-state index contributed by atoms with van der Waals surface area (Å²) >= 11 is 0. The average Bonchev–Trinajstić information content (AvgIpc) is 2.70. The van der Waals surface area contributed by atoms with Crippen LogP contribution in [0.3, 0.4) is 0 Å². The summed E-state index contributed by atoms with van der Waals surface area (Å²) in [6.45, 7) is 11.7. The minimum Gasteiger partial charge on any atom is -0.463 e. The Labute approximate surface area is 169 Å². The fourth-order valence-corrected chi connectivity index (χ4v) is 2.58. The summed E-state index contributed by atoms with van der Waals surface area (Å²) in [5, 5.41) is 0. The second-order valence-electron chi connectivity index (χ2n) is 5.98. The van der Waals surface area contributed by atoms with E-state index < -0.39 is 23.8 Å². The van der Waals surface area contributed by atoms with Crippen molar-refractivity contribution in [3.63, 3.8) is 0 Å². The van der Waals surface area contributed by atoms with Crippen molar-refractivity contribution in [3.8, 4) is 0 Å². The molecule has 2 unspecified atom stereocenters. The van der Waals surface area contributed by atoms with Crippen molar-refractivity contribution in [2.45, 2.75) is 40.5 Å². The summed E-state index contributed by atoms with van der Waals surface area (Å²) in [5.74, 6) is -1.85. The normalized spacial score (nSPS) is 13.1. The monoisotopic (exact) mass is 406 g/mol. The fraction of sp³-hybridized carbons (Fsp3) is 0.900. The van der Waals surface area contributed by atoms with Crippen LogP contribution in [0.15, 0.2) is 0 Å². The molecule has 0 aromatic rings.